The molecule has 3 rings (SSSR count). The molecule has 0 radical (unpaired) electrons. The third kappa shape index (κ3) is 3.79. The lowest BCUT2D eigenvalue weighted by molar-refractivity contribution is 0.127. The van der Waals surface area contributed by atoms with Gasteiger partial charge in [0, 0.05) is 50.7 Å². The van der Waals surface area contributed by atoms with Gasteiger partial charge in [-0.15, -0.1) is 0 Å². The summed E-state index contributed by atoms with van der Waals surface area (Å²) in [5.41, 5.74) is 3.20. The van der Waals surface area contributed by atoms with Gasteiger partial charge in [-0.25, -0.2) is 4.79 Å². The summed E-state index contributed by atoms with van der Waals surface area (Å²) in [6, 6.07) is 6.07. The molecule has 1 aliphatic rings. The Morgan fingerprint density at radius 1 is 1.25 bits per heavy atom. The summed E-state index contributed by atoms with van der Waals surface area (Å²) in [7, 11) is 2.01. The van der Waals surface area contributed by atoms with Gasteiger partial charge in [0.1, 0.15) is 0 Å². The highest BCUT2D eigenvalue weighted by atomic mass is 16.5. The van der Waals surface area contributed by atoms with Crippen LogP contribution in [0.2, 0.25) is 0 Å². The number of carbonyl (C=O) groups excluding carboxylic acids is 1. The molecule has 1 fully saturated rings. The smallest absolute Gasteiger partial charge is 0.317 e. The molecule has 2 aromatic rings. The molecule has 1 saturated heterocycles. The van der Waals surface area contributed by atoms with Crippen LogP contribution in [0, 0.1) is 13.8 Å². The van der Waals surface area contributed by atoms with Crippen LogP contribution in [-0.2, 0) is 20.1 Å². The van der Waals surface area contributed by atoms with Crippen molar-refractivity contribution in [1.29, 1.82) is 0 Å². The maximum absolute atomic E-state index is 12.3. The fourth-order valence-corrected chi connectivity index (χ4v) is 2.94. The maximum atomic E-state index is 12.3. The van der Waals surface area contributed by atoms with Crippen molar-refractivity contribution in [2.45, 2.75) is 26.9 Å². The van der Waals surface area contributed by atoms with Gasteiger partial charge in [-0.3, -0.25) is 4.90 Å². The summed E-state index contributed by atoms with van der Waals surface area (Å²) in [4.78, 5) is 16.5. The molecule has 7 nitrogen and oxygen atoms in total. The maximum Gasteiger partial charge on any atom is 0.317 e. The third-order valence-electron chi connectivity index (χ3n) is 4.61. The van der Waals surface area contributed by atoms with Crippen LogP contribution >= 0.6 is 0 Å². The largest absolute Gasteiger partial charge is 0.360 e. The van der Waals surface area contributed by atoms with Gasteiger partial charge in [-0.05, 0) is 26.0 Å². The van der Waals surface area contributed by atoms with Gasteiger partial charge in [0.05, 0.1) is 18.8 Å². The zero-order chi connectivity index (χ0) is 17.1. The number of nitrogens with one attached hydrogen (secondary N) is 1. The number of hydrogen-bond donors (Lipinski definition) is 1. The second-order valence-electron chi connectivity index (χ2n) is 6.38. The second-order valence-corrected chi connectivity index (χ2v) is 6.38. The summed E-state index contributed by atoms with van der Waals surface area (Å²) in [5, 5.41) is 6.92. The number of aryl methyl sites for hydroxylation is 2. The molecule has 2 aromatic heterocycles. The van der Waals surface area contributed by atoms with Crippen molar-refractivity contribution >= 4 is 6.03 Å². The lowest BCUT2D eigenvalue weighted by atomic mass is 10.3. The summed E-state index contributed by atoms with van der Waals surface area (Å²) >= 11 is 0. The number of piperazine rings is 1. The van der Waals surface area contributed by atoms with Crippen LogP contribution in [0.4, 0.5) is 4.79 Å². The summed E-state index contributed by atoms with van der Waals surface area (Å²) in [6.07, 6.45) is 0. The van der Waals surface area contributed by atoms with Crippen LogP contribution in [0.25, 0.3) is 0 Å². The lowest BCUT2D eigenvalue weighted by Gasteiger charge is -2.34. The normalized spacial score (nSPS) is 15.7. The zero-order valence-corrected chi connectivity index (χ0v) is 14.6. The number of nitrogens with zero attached hydrogens (tertiary/aromatic N) is 4. The summed E-state index contributed by atoms with van der Waals surface area (Å²) < 4.78 is 7.35. The third-order valence-corrected chi connectivity index (χ3v) is 4.61. The first-order valence-electron chi connectivity index (χ1n) is 8.31. The van der Waals surface area contributed by atoms with Crippen molar-refractivity contribution in [2.75, 3.05) is 26.2 Å². The lowest BCUT2D eigenvalue weighted by Crippen LogP contribution is -2.51. The Morgan fingerprint density at radius 2 is 2.00 bits per heavy atom. The quantitative estimate of drug-likeness (QED) is 0.925. The highest BCUT2D eigenvalue weighted by Crippen LogP contribution is 2.10. The van der Waals surface area contributed by atoms with E-state index in [2.05, 4.69) is 32.9 Å². The van der Waals surface area contributed by atoms with Crippen LogP contribution in [0.1, 0.15) is 22.8 Å². The van der Waals surface area contributed by atoms with E-state index in [0.29, 0.717) is 6.54 Å². The number of carbonyl (C=O) groups is 1. The van der Waals surface area contributed by atoms with Crippen molar-refractivity contribution in [3.63, 3.8) is 0 Å². The molecule has 2 amide bonds. The second kappa shape index (κ2) is 7.09. The monoisotopic (exact) mass is 331 g/mol. The zero-order valence-electron chi connectivity index (χ0n) is 14.6. The van der Waals surface area contributed by atoms with Crippen molar-refractivity contribution in [3.05, 3.63) is 41.0 Å². The van der Waals surface area contributed by atoms with E-state index < -0.39 is 0 Å². The average molecular weight is 331 g/mol. The molecule has 0 unspecified atom stereocenters. The molecule has 0 bridgehead atoms. The molecule has 3 heterocycles. The van der Waals surface area contributed by atoms with Crippen molar-refractivity contribution < 1.29 is 9.32 Å². The van der Waals surface area contributed by atoms with Gasteiger partial charge in [0.15, 0.2) is 5.76 Å². The van der Waals surface area contributed by atoms with Gasteiger partial charge in [0.25, 0.3) is 0 Å². The fourth-order valence-electron chi connectivity index (χ4n) is 2.94. The Balaban J connectivity index is 1.44. The summed E-state index contributed by atoms with van der Waals surface area (Å²) in [5.74, 6) is 0.879. The van der Waals surface area contributed by atoms with Gasteiger partial charge in [-0.2, -0.15) is 0 Å². The van der Waals surface area contributed by atoms with Crippen LogP contribution in [0.15, 0.2) is 22.7 Å². The van der Waals surface area contributed by atoms with E-state index in [0.717, 1.165) is 49.9 Å². The van der Waals surface area contributed by atoms with E-state index in [4.69, 9.17) is 4.52 Å². The molecule has 0 spiro atoms. The molecule has 0 aromatic carbocycles. The van der Waals surface area contributed by atoms with Crippen LogP contribution in [-0.4, -0.2) is 51.7 Å². The van der Waals surface area contributed by atoms with Crippen molar-refractivity contribution in [3.8, 4) is 0 Å². The number of aromatic nitrogens is 2. The number of amides is 2. The fraction of sp³-hybridized carbons (Fsp3) is 0.529. The highest BCUT2D eigenvalue weighted by molar-refractivity contribution is 5.74. The first-order chi connectivity index (χ1) is 11.5. The predicted molar refractivity (Wildman–Crippen MR) is 90.5 cm³/mol. The van der Waals surface area contributed by atoms with Gasteiger partial charge < -0.3 is 19.3 Å². The Hall–Kier alpha value is -2.28. The molecule has 7 heteroatoms. The van der Waals surface area contributed by atoms with Crippen molar-refractivity contribution in [2.24, 2.45) is 7.05 Å². The van der Waals surface area contributed by atoms with Crippen LogP contribution in [0.5, 0.6) is 0 Å². The van der Waals surface area contributed by atoms with Crippen LogP contribution in [0.3, 0.4) is 0 Å². The molecule has 130 valence electrons. The number of urea groups is 1. The molecule has 0 saturated carbocycles. The highest BCUT2D eigenvalue weighted by Gasteiger charge is 2.22. The Labute approximate surface area is 142 Å². The van der Waals surface area contributed by atoms with E-state index in [-0.39, 0.29) is 6.03 Å². The van der Waals surface area contributed by atoms with Crippen molar-refractivity contribution in [1.82, 2.24) is 24.8 Å². The minimum Gasteiger partial charge on any atom is -0.360 e. The molecule has 1 aliphatic heterocycles. The Bertz CT molecular complexity index is 698. The molecule has 24 heavy (non-hydrogen) atoms. The van der Waals surface area contributed by atoms with E-state index >= 15 is 0 Å². The topological polar surface area (TPSA) is 66.5 Å². The predicted octanol–water partition coefficient (Wildman–Crippen LogP) is 1.66. The first kappa shape index (κ1) is 16.6. The van der Waals surface area contributed by atoms with Gasteiger partial charge in [0.2, 0.25) is 0 Å². The molecular weight excluding hydrogens is 306 g/mol. The van der Waals surface area contributed by atoms with Crippen LogP contribution < -0.4 is 5.32 Å². The molecule has 0 atom stereocenters. The van der Waals surface area contributed by atoms with Gasteiger partial charge in [-0.1, -0.05) is 5.16 Å². The minimum atomic E-state index is 0.00372. The average Bonchev–Trinajstić information content (AvgIpc) is 3.12. The number of rotatable bonds is 4. The Morgan fingerprint density at radius 3 is 2.58 bits per heavy atom. The standard InChI is InChI=1S/C17H25N5O2/c1-13-10-16(24-19-13)12-21-6-8-22(9-7-21)17(23)18-11-15-5-4-14(2)20(15)3/h4-5,10H,6-9,11-12H2,1-3H3,(H,18,23). The van der Waals surface area contributed by atoms with Gasteiger partial charge >= 0.3 is 6.03 Å². The van der Waals surface area contributed by atoms with E-state index in [9.17, 15) is 4.79 Å². The van der Waals surface area contributed by atoms with E-state index in [1.807, 2.05) is 31.0 Å². The molecule has 1 N–H and O–H groups in total. The van der Waals surface area contributed by atoms with E-state index in [1.165, 1.54) is 5.69 Å². The minimum absolute atomic E-state index is 0.00372. The number of hydrogen-bond acceptors (Lipinski definition) is 4. The molecule has 0 aliphatic carbocycles. The SMILES string of the molecule is Cc1cc(CN2CCN(C(=O)NCc3ccc(C)n3C)CC2)on1. The molecular formula is C17H25N5O2. The first-order valence-corrected chi connectivity index (χ1v) is 8.31. The Kier molecular flexibility index (Phi) is 4.89. The van der Waals surface area contributed by atoms with E-state index in [1.54, 1.807) is 0 Å². The summed E-state index contributed by atoms with van der Waals surface area (Å²) in [6.45, 7) is 8.42.